The van der Waals surface area contributed by atoms with Gasteiger partial charge in [-0.2, -0.15) is 4.98 Å². The molecule has 7 heteroatoms. The number of aromatic nitrogens is 1. The molecular weight excluding hydrogens is 394 g/mol. The number of carbonyl (C=O) groups excluding carboxylic acids is 1. The molecular formula is C24H27N3O4. The van der Waals surface area contributed by atoms with E-state index in [0.717, 1.165) is 54.8 Å². The first-order valence-electron chi connectivity index (χ1n) is 11.0. The molecule has 2 aliphatic rings. The molecule has 7 nitrogen and oxygen atoms in total. The van der Waals surface area contributed by atoms with Gasteiger partial charge in [0.25, 0.3) is 6.01 Å². The first-order valence-corrected chi connectivity index (χ1v) is 11.0. The molecule has 1 N–H and O–H groups in total. The van der Waals surface area contributed by atoms with Crippen molar-refractivity contribution < 1.29 is 18.7 Å². The van der Waals surface area contributed by atoms with Crippen LogP contribution in [0.4, 0.5) is 11.7 Å². The van der Waals surface area contributed by atoms with Crippen LogP contribution in [-0.2, 0) is 11.2 Å². The van der Waals surface area contributed by atoms with E-state index in [-0.39, 0.29) is 17.9 Å². The van der Waals surface area contributed by atoms with Gasteiger partial charge in [0.2, 0.25) is 5.91 Å². The zero-order valence-electron chi connectivity index (χ0n) is 17.9. The van der Waals surface area contributed by atoms with Crippen LogP contribution in [0.5, 0.6) is 11.5 Å². The molecule has 2 aliphatic heterocycles. The average molecular weight is 421 g/mol. The molecule has 162 valence electrons. The van der Waals surface area contributed by atoms with Gasteiger partial charge in [-0.3, -0.25) is 4.79 Å². The molecule has 1 fully saturated rings. The lowest BCUT2D eigenvalue weighted by atomic mass is 9.96. The zero-order valence-corrected chi connectivity index (χ0v) is 17.9. The van der Waals surface area contributed by atoms with Crippen molar-refractivity contribution in [2.45, 2.75) is 39.2 Å². The van der Waals surface area contributed by atoms with Gasteiger partial charge in [0.05, 0.1) is 12.3 Å². The topological polar surface area (TPSA) is 76.8 Å². The van der Waals surface area contributed by atoms with Crippen LogP contribution in [0, 0.1) is 5.92 Å². The Morgan fingerprint density at radius 2 is 2.06 bits per heavy atom. The Bertz CT molecular complexity index is 1070. The van der Waals surface area contributed by atoms with Crippen molar-refractivity contribution in [3.05, 3.63) is 42.0 Å². The molecule has 1 aromatic heterocycles. The third-order valence-corrected chi connectivity index (χ3v) is 5.97. The summed E-state index contributed by atoms with van der Waals surface area (Å²) in [5.74, 6) is 1.49. The fourth-order valence-corrected chi connectivity index (χ4v) is 4.38. The summed E-state index contributed by atoms with van der Waals surface area (Å²) in [4.78, 5) is 19.7. The third-order valence-electron chi connectivity index (χ3n) is 5.97. The Kier molecular flexibility index (Phi) is 5.18. The first kappa shape index (κ1) is 19.7. The number of nitrogens with zero attached hydrogens (tertiary/aromatic N) is 2. The van der Waals surface area contributed by atoms with Crippen LogP contribution in [-0.4, -0.2) is 36.7 Å². The minimum atomic E-state index is -0.0665. The molecule has 1 amide bonds. The maximum Gasteiger partial charge on any atom is 0.298 e. The Hall–Kier alpha value is -3.22. The van der Waals surface area contributed by atoms with E-state index >= 15 is 0 Å². The second kappa shape index (κ2) is 8.13. The number of fused-ring (bicyclic) bond motifs is 2. The lowest BCUT2D eigenvalue weighted by molar-refractivity contribution is -0.120. The van der Waals surface area contributed by atoms with Crippen LogP contribution in [0.15, 0.2) is 40.8 Å². The number of hydrogen-bond donors (Lipinski definition) is 1. The number of amides is 1. The van der Waals surface area contributed by atoms with Gasteiger partial charge in [-0.05, 0) is 44.9 Å². The molecule has 1 atom stereocenters. The van der Waals surface area contributed by atoms with E-state index in [1.165, 1.54) is 0 Å². The minimum Gasteiger partial charge on any atom is -0.492 e. The van der Waals surface area contributed by atoms with Gasteiger partial charge in [0, 0.05) is 37.1 Å². The van der Waals surface area contributed by atoms with Crippen molar-refractivity contribution in [2.75, 3.05) is 29.9 Å². The molecule has 1 saturated heterocycles. The zero-order chi connectivity index (χ0) is 21.4. The van der Waals surface area contributed by atoms with Crippen molar-refractivity contribution >= 4 is 28.7 Å². The van der Waals surface area contributed by atoms with E-state index in [4.69, 9.17) is 13.9 Å². The van der Waals surface area contributed by atoms with Gasteiger partial charge >= 0.3 is 0 Å². The van der Waals surface area contributed by atoms with Crippen molar-refractivity contribution in [3.8, 4) is 11.5 Å². The molecule has 0 saturated carbocycles. The fraction of sp³-hybridized carbons (Fsp3) is 0.417. The smallest absolute Gasteiger partial charge is 0.298 e. The predicted octanol–water partition coefficient (Wildman–Crippen LogP) is 4.41. The molecule has 0 radical (unpaired) electrons. The summed E-state index contributed by atoms with van der Waals surface area (Å²) in [6, 6.07) is 12.3. The number of hydrogen-bond acceptors (Lipinski definition) is 6. The van der Waals surface area contributed by atoms with Gasteiger partial charge in [-0.25, -0.2) is 0 Å². The third kappa shape index (κ3) is 3.92. The van der Waals surface area contributed by atoms with Crippen LogP contribution in [0.1, 0.15) is 32.3 Å². The molecule has 3 aromatic rings. The standard InChI is InChI=1S/C24H27N3O4/c1-3-29-22-13-17-12-15(2)30-21(17)14-19(22)25-23(28)16-8-10-27(11-9-16)24-26-18-6-4-5-7-20(18)31-24/h4-7,13-16H,3,8-12H2,1-2H3,(H,25,28). The summed E-state index contributed by atoms with van der Waals surface area (Å²) in [5.41, 5.74) is 3.45. The molecule has 0 aliphatic carbocycles. The molecule has 0 bridgehead atoms. The number of rotatable bonds is 5. The summed E-state index contributed by atoms with van der Waals surface area (Å²) in [6.45, 7) is 5.99. The SMILES string of the molecule is CCOc1cc2c(cc1NC(=O)C1CCN(c3nc4ccccc4o3)CC1)OC(C)C2. The van der Waals surface area contributed by atoms with Crippen LogP contribution in [0.2, 0.25) is 0 Å². The molecule has 31 heavy (non-hydrogen) atoms. The summed E-state index contributed by atoms with van der Waals surface area (Å²) in [5, 5.41) is 3.08. The highest BCUT2D eigenvalue weighted by Gasteiger charge is 2.29. The number of anilines is 2. The Morgan fingerprint density at radius 3 is 2.84 bits per heavy atom. The summed E-state index contributed by atoms with van der Waals surface area (Å²) < 4.78 is 17.5. The first-order chi connectivity index (χ1) is 15.1. The lowest BCUT2D eigenvalue weighted by Gasteiger charge is -2.30. The fourth-order valence-electron chi connectivity index (χ4n) is 4.38. The number of para-hydroxylation sites is 2. The second-order valence-electron chi connectivity index (χ2n) is 8.24. The second-order valence-corrected chi connectivity index (χ2v) is 8.24. The highest BCUT2D eigenvalue weighted by atomic mass is 16.5. The largest absolute Gasteiger partial charge is 0.492 e. The number of piperidine rings is 1. The van der Waals surface area contributed by atoms with Gasteiger partial charge in [-0.15, -0.1) is 0 Å². The van der Waals surface area contributed by atoms with Crippen molar-refractivity contribution in [1.29, 1.82) is 0 Å². The Morgan fingerprint density at radius 1 is 1.26 bits per heavy atom. The van der Waals surface area contributed by atoms with E-state index in [9.17, 15) is 4.79 Å². The van der Waals surface area contributed by atoms with Gasteiger partial charge < -0.3 is 24.1 Å². The molecule has 5 rings (SSSR count). The van der Waals surface area contributed by atoms with E-state index in [1.54, 1.807) is 0 Å². The van der Waals surface area contributed by atoms with Gasteiger partial charge in [0.15, 0.2) is 5.58 Å². The highest BCUT2D eigenvalue weighted by Crippen LogP contribution is 2.38. The summed E-state index contributed by atoms with van der Waals surface area (Å²) in [6.07, 6.45) is 2.49. The highest BCUT2D eigenvalue weighted by molar-refractivity contribution is 5.94. The van der Waals surface area contributed by atoms with Crippen molar-refractivity contribution in [3.63, 3.8) is 0 Å². The minimum absolute atomic E-state index is 0.0177. The van der Waals surface area contributed by atoms with E-state index in [2.05, 4.69) is 15.2 Å². The van der Waals surface area contributed by atoms with Crippen LogP contribution < -0.4 is 19.7 Å². The van der Waals surface area contributed by atoms with Crippen molar-refractivity contribution in [2.24, 2.45) is 5.92 Å². The van der Waals surface area contributed by atoms with E-state index < -0.39 is 0 Å². The monoisotopic (exact) mass is 421 g/mol. The molecule has 2 aromatic carbocycles. The lowest BCUT2D eigenvalue weighted by Crippen LogP contribution is -2.38. The molecule has 0 spiro atoms. The van der Waals surface area contributed by atoms with Crippen LogP contribution in [0.3, 0.4) is 0 Å². The Labute approximate surface area is 181 Å². The predicted molar refractivity (Wildman–Crippen MR) is 119 cm³/mol. The molecule has 1 unspecified atom stereocenters. The Balaban J connectivity index is 1.25. The number of carbonyl (C=O) groups is 1. The number of ether oxygens (including phenoxy) is 2. The maximum atomic E-state index is 13.0. The van der Waals surface area contributed by atoms with Crippen LogP contribution in [0.25, 0.3) is 11.1 Å². The molecule has 3 heterocycles. The van der Waals surface area contributed by atoms with E-state index in [1.807, 2.05) is 50.2 Å². The average Bonchev–Trinajstić information content (AvgIpc) is 3.36. The summed E-state index contributed by atoms with van der Waals surface area (Å²) in [7, 11) is 0. The van der Waals surface area contributed by atoms with Crippen molar-refractivity contribution in [1.82, 2.24) is 4.98 Å². The van der Waals surface area contributed by atoms with Gasteiger partial charge in [-0.1, -0.05) is 12.1 Å². The summed E-state index contributed by atoms with van der Waals surface area (Å²) >= 11 is 0. The number of oxazole rings is 1. The van der Waals surface area contributed by atoms with E-state index in [0.29, 0.717) is 24.1 Å². The maximum absolute atomic E-state index is 13.0. The number of benzene rings is 2. The van der Waals surface area contributed by atoms with Gasteiger partial charge in [0.1, 0.15) is 23.1 Å². The van der Waals surface area contributed by atoms with Crippen LogP contribution >= 0.6 is 0 Å². The normalized spacial score (nSPS) is 18.6. The number of nitrogens with one attached hydrogen (secondary N) is 1. The quantitative estimate of drug-likeness (QED) is 0.658.